The minimum Gasteiger partial charge on any atom is -0.303 e. The molecule has 0 spiro atoms. The largest absolute Gasteiger partial charge is 0.303 e. The van der Waals surface area contributed by atoms with Crippen molar-refractivity contribution in [3.63, 3.8) is 0 Å². The Morgan fingerprint density at radius 1 is 1.50 bits per heavy atom. The first-order valence-corrected chi connectivity index (χ1v) is 3.81. The average molecular weight is 140 g/mol. The van der Waals surface area contributed by atoms with Crippen LogP contribution in [-0.4, -0.2) is 12.1 Å². The molecule has 2 heteroatoms. The quantitative estimate of drug-likeness (QED) is 0.542. The second kappa shape index (κ2) is 3.49. The van der Waals surface area contributed by atoms with Gasteiger partial charge in [0, 0.05) is 18.8 Å². The SMILES string of the molecule is O=CCC1CCCCC1=O. The summed E-state index contributed by atoms with van der Waals surface area (Å²) in [6.45, 7) is 0. The summed E-state index contributed by atoms with van der Waals surface area (Å²) < 4.78 is 0. The van der Waals surface area contributed by atoms with Crippen LogP contribution in [0.3, 0.4) is 0 Å². The van der Waals surface area contributed by atoms with E-state index in [1.54, 1.807) is 0 Å². The van der Waals surface area contributed by atoms with Crippen LogP contribution in [0.4, 0.5) is 0 Å². The van der Waals surface area contributed by atoms with Crippen LogP contribution in [-0.2, 0) is 9.59 Å². The fourth-order valence-electron chi connectivity index (χ4n) is 1.42. The Balaban J connectivity index is 2.39. The Labute approximate surface area is 60.6 Å². The zero-order valence-corrected chi connectivity index (χ0v) is 6.01. The molecular weight excluding hydrogens is 128 g/mol. The summed E-state index contributed by atoms with van der Waals surface area (Å²) in [5.41, 5.74) is 0. The molecule has 0 bridgehead atoms. The van der Waals surface area contributed by atoms with Crippen LogP contribution in [0.15, 0.2) is 0 Å². The molecule has 0 saturated heterocycles. The molecule has 0 radical (unpaired) electrons. The van der Waals surface area contributed by atoms with E-state index in [1.165, 1.54) is 0 Å². The van der Waals surface area contributed by atoms with E-state index < -0.39 is 0 Å². The van der Waals surface area contributed by atoms with Gasteiger partial charge in [0.2, 0.25) is 0 Å². The Kier molecular flexibility index (Phi) is 2.60. The average Bonchev–Trinajstić information content (AvgIpc) is 1.94. The third-order valence-corrected chi connectivity index (χ3v) is 2.06. The van der Waals surface area contributed by atoms with E-state index in [9.17, 15) is 9.59 Å². The molecule has 0 aromatic carbocycles. The number of hydrogen-bond acceptors (Lipinski definition) is 2. The Morgan fingerprint density at radius 2 is 2.30 bits per heavy atom. The monoisotopic (exact) mass is 140 g/mol. The van der Waals surface area contributed by atoms with Gasteiger partial charge in [0.15, 0.2) is 0 Å². The van der Waals surface area contributed by atoms with Gasteiger partial charge in [-0.15, -0.1) is 0 Å². The second-order valence-electron chi connectivity index (χ2n) is 2.81. The number of rotatable bonds is 2. The summed E-state index contributed by atoms with van der Waals surface area (Å²) in [7, 11) is 0. The third kappa shape index (κ3) is 1.66. The highest BCUT2D eigenvalue weighted by atomic mass is 16.1. The lowest BCUT2D eigenvalue weighted by atomic mass is 9.86. The number of carbonyl (C=O) groups is 2. The van der Waals surface area contributed by atoms with Crippen molar-refractivity contribution in [2.24, 2.45) is 5.92 Å². The van der Waals surface area contributed by atoms with E-state index in [0.29, 0.717) is 18.6 Å². The fourth-order valence-corrected chi connectivity index (χ4v) is 1.42. The number of ketones is 1. The molecular formula is C8H12O2. The van der Waals surface area contributed by atoms with Gasteiger partial charge in [-0.05, 0) is 12.8 Å². The van der Waals surface area contributed by atoms with Crippen molar-refractivity contribution >= 4 is 12.1 Å². The molecule has 0 aliphatic heterocycles. The Bertz CT molecular complexity index is 140. The number of carbonyl (C=O) groups excluding carboxylic acids is 2. The lowest BCUT2D eigenvalue weighted by Crippen LogP contribution is -2.18. The molecule has 1 aliphatic rings. The van der Waals surface area contributed by atoms with Crippen molar-refractivity contribution in [2.75, 3.05) is 0 Å². The fraction of sp³-hybridized carbons (Fsp3) is 0.750. The van der Waals surface area contributed by atoms with Gasteiger partial charge in [-0.3, -0.25) is 4.79 Å². The van der Waals surface area contributed by atoms with Gasteiger partial charge in [-0.1, -0.05) is 6.42 Å². The van der Waals surface area contributed by atoms with Crippen LogP contribution >= 0.6 is 0 Å². The van der Waals surface area contributed by atoms with Gasteiger partial charge < -0.3 is 4.79 Å². The molecule has 0 N–H and O–H groups in total. The summed E-state index contributed by atoms with van der Waals surface area (Å²) in [6.07, 6.45) is 5.06. The van der Waals surface area contributed by atoms with Crippen LogP contribution < -0.4 is 0 Å². The van der Waals surface area contributed by atoms with Crippen molar-refractivity contribution in [3.05, 3.63) is 0 Å². The molecule has 1 saturated carbocycles. The zero-order chi connectivity index (χ0) is 7.40. The molecule has 10 heavy (non-hydrogen) atoms. The Morgan fingerprint density at radius 3 is 2.90 bits per heavy atom. The van der Waals surface area contributed by atoms with Gasteiger partial charge in [0.25, 0.3) is 0 Å². The molecule has 1 rings (SSSR count). The molecule has 56 valence electrons. The molecule has 1 atom stereocenters. The minimum atomic E-state index is 0.0613. The lowest BCUT2D eigenvalue weighted by molar-refractivity contribution is -0.126. The molecule has 0 amide bonds. The third-order valence-electron chi connectivity index (χ3n) is 2.06. The maximum atomic E-state index is 11.0. The second-order valence-corrected chi connectivity index (χ2v) is 2.81. The highest BCUT2D eigenvalue weighted by Gasteiger charge is 2.20. The van der Waals surface area contributed by atoms with Crippen molar-refractivity contribution in [3.8, 4) is 0 Å². The maximum absolute atomic E-state index is 11.0. The van der Waals surface area contributed by atoms with Gasteiger partial charge in [0.05, 0.1) is 0 Å². The van der Waals surface area contributed by atoms with Crippen molar-refractivity contribution in [1.82, 2.24) is 0 Å². The maximum Gasteiger partial charge on any atom is 0.136 e. The smallest absolute Gasteiger partial charge is 0.136 e. The van der Waals surface area contributed by atoms with Crippen LogP contribution in [0.1, 0.15) is 32.1 Å². The molecule has 1 fully saturated rings. The van der Waals surface area contributed by atoms with E-state index in [1.807, 2.05) is 0 Å². The van der Waals surface area contributed by atoms with E-state index >= 15 is 0 Å². The van der Waals surface area contributed by atoms with Crippen molar-refractivity contribution in [1.29, 1.82) is 0 Å². The summed E-state index contributed by atoms with van der Waals surface area (Å²) in [5.74, 6) is 0.351. The van der Waals surface area contributed by atoms with Crippen LogP contribution in [0.2, 0.25) is 0 Å². The molecule has 1 unspecified atom stereocenters. The molecule has 0 aromatic rings. The van der Waals surface area contributed by atoms with E-state index in [-0.39, 0.29) is 5.92 Å². The van der Waals surface area contributed by atoms with Gasteiger partial charge >= 0.3 is 0 Å². The first-order chi connectivity index (χ1) is 4.84. The first-order valence-electron chi connectivity index (χ1n) is 3.81. The summed E-state index contributed by atoms with van der Waals surface area (Å²) >= 11 is 0. The zero-order valence-electron chi connectivity index (χ0n) is 6.01. The number of aldehydes is 1. The van der Waals surface area contributed by atoms with Gasteiger partial charge in [-0.2, -0.15) is 0 Å². The van der Waals surface area contributed by atoms with Gasteiger partial charge in [0.1, 0.15) is 12.1 Å². The predicted molar refractivity (Wildman–Crippen MR) is 37.6 cm³/mol. The highest BCUT2D eigenvalue weighted by Crippen LogP contribution is 2.21. The lowest BCUT2D eigenvalue weighted by Gasteiger charge is -2.17. The van der Waals surface area contributed by atoms with E-state index in [0.717, 1.165) is 25.5 Å². The van der Waals surface area contributed by atoms with Gasteiger partial charge in [-0.25, -0.2) is 0 Å². The summed E-state index contributed by atoms with van der Waals surface area (Å²) in [4.78, 5) is 21.1. The molecule has 0 heterocycles. The standard InChI is InChI=1S/C8H12O2/c9-6-5-7-3-1-2-4-8(7)10/h6-7H,1-5H2. The highest BCUT2D eigenvalue weighted by molar-refractivity contribution is 5.83. The molecule has 0 aromatic heterocycles. The summed E-state index contributed by atoms with van der Waals surface area (Å²) in [5, 5.41) is 0. The van der Waals surface area contributed by atoms with Crippen molar-refractivity contribution < 1.29 is 9.59 Å². The Hall–Kier alpha value is -0.660. The van der Waals surface area contributed by atoms with E-state index in [4.69, 9.17) is 0 Å². The predicted octanol–water partition coefficient (Wildman–Crippen LogP) is 1.33. The normalized spacial score (nSPS) is 26.4. The molecule has 2 nitrogen and oxygen atoms in total. The van der Waals surface area contributed by atoms with Crippen molar-refractivity contribution in [2.45, 2.75) is 32.1 Å². The van der Waals surface area contributed by atoms with Crippen LogP contribution in [0, 0.1) is 5.92 Å². The van der Waals surface area contributed by atoms with Crippen LogP contribution in [0.5, 0.6) is 0 Å². The number of Topliss-reactive ketones (excluding diaryl/α,β-unsaturated/α-hetero) is 1. The first kappa shape index (κ1) is 7.45. The minimum absolute atomic E-state index is 0.0613. The topological polar surface area (TPSA) is 34.1 Å². The van der Waals surface area contributed by atoms with E-state index in [2.05, 4.69) is 0 Å². The number of hydrogen-bond donors (Lipinski definition) is 0. The summed E-state index contributed by atoms with van der Waals surface area (Å²) in [6, 6.07) is 0. The molecule has 1 aliphatic carbocycles. The van der Waals surface area contributed by atoms with Crippen LogP contribution in [0.25, 0.3) is 0 Å².